The molecule has 1 fully saturated rings. The zero-order valence-electron chi connectivity index (χ0n) is 10.3. The minimum absolute atomic E-state index is 0.108. The Hall–Kier alpha value is -0.740. The second-order valence-electron chi connectivity index (χ2n) is 4.73. The summed E-state index contributed by atoms with van der Waals surface area (Å²) in [6.07, 6.45) is 5.64. The molecule has 0 saturated carbocycles. The molecule has 1 N–H and O–H groups in total. The molecule has 2 atom stereocenters. The van der Waals surface area contributed by atoms with Crippen molar-refractivity contribution in [3.8, 4) is 0 Å². The third kappa shape index (κ3) is 2.98. The zero-order valence-corrected chi connectivity index (χ0v) is 11.8. The van der Waals surface area contributed by atoms with Crippen molar-refractivity contribution in [1.29, 1.82) is 0 Å². The predicted octanol–water partition coefficient (Wildman–Crippen LogP) is 2.80. The van der Waals surface area contributed by atoms with E-state index < -0.39 is 0 Å². The number of H-pyrrole nitrogens is 1. The van der Waals surface area contributed by atoms with Crippen LogP contribution in [0.15, 0.2) is 11.1 Å². The molecule has 4 nitrogen and oxygen atoms in total. The predicted molar refractivity (Wildman–Crippen MR) is 74.8 cm³/mol. The van der Waals surface area contributed by atoms with Gasteiger partial charge in [0.2, 0.25) is 0 Å². The van der Waals surface area contributed by atoms with Crippen LogP contribution in [0.25, 0.3) is 0 Å². The number of nitrogens with one attached hydrogen (secondary N) is 1. The highest BCUT2D eigenvalue weighted by atomic mass is 35.5. The van der Waals surface area contributed by atoms with Gasteiger partial charge in [-0.1, -0.05) is 11.6 Å². The van der Waals surface area contributed by atoms with E-state index in [1.54, 1.807) is 0 Å². The molecule has 18 heavy (non-hydrogen) atoms. The summed E-state index contributed by atoms with van der Waals surface area (Å²) in [5, 5.41) is 0.281. The Bertz CT molecular complexity index is 461. The first-order valence-corrected chi connectivity index (χ1v) is 7.05. The average Bonchev–Trinajstić information content (AvgIpc) is 2.33. The second-order valence-corrected chi connectivity index (χ2v) is 5.85. The summed E-state index contributed by atoms with van der Waals surface area (Å²) >= 11 is 12.1. The summed E-state index contributed by atoms with van der Waals surface area (Å²) in [5.74, 6) is 0.586. The Balaban J connectivity index is 2.28. The first-order chi connectivity index (χ1) is 8.59. The van der Waals surface area contributed by atoms with Crippen molar-refractivity contribution in [3.05, 3.63) is 21.7 Å². The SMILES string of the molecule is CC(Cl)CC1CCCCN1c1nc[nH]c(=O)c1Cl. The minimum atomic E-state index is -0.287. The number of rotatable bonds is 3. The van der Waals surface area contributed by atoms with Crippen molar-refractivity contribution in [2.24, 2.45) is 0 Å². The van der Waals surface area contributed by atoms with Gasteiger partial charge < -0.3 is 9.88 Å². The number of hydrogen-bond acceptors (Lipinski definition) is 3. The first kappa shape index (κ1) is 13.7. The lowest BCUT2D eigenvalue weighted by Gasteiger charge is -2.37. The lowest BCUT2D eigenvalue weighted by atomic mass is 9.98. The van der Waals surface area contributed by atoms with Gasteiger partial charge in [-0.3, -0.25) is 4.79 Å². The fraction of sp³-hybridized carbons (Fsp3) is 0.667. The maximum atomic E-state index is 11.5. The van der Waals surface area contributed by atoms with Gasteiger partial charge in [-0.05, 0) is 32.6 Å². The smallest absolute Gasteiger partial charge is 0.271 e. The number of alkyl halides is 1. The molecule has 1 aliphatic rings. The van der Waals surface area contributed by atoms with E-state index in [2.05, 4.69) is 14.9 Å². The first-order valence-electron chi connectivity index (χ1n) is 6.23. The Morgan fingerprint density at radius 1 is 1.61 bits per heavy atom. The van der Waals surface area contributed by atoms with E-state index in [0.29, 0.717) is 11.9 Å². The van der Waals surface area contributed by atoms with Crippen LogP contribution in [0.4, 0.5) is 5.82 Å². The molecule has 6 heteroatoms. The van der Waals surface area contributed by atoms with Gasteiger partial charge >= 0.3 is 0 Å². The summed E-state index contributed by atoms with van der Waals surface area (Å²) in [6.45, 7) is 2.87. The summed E-state index contributed by atoms with van der Waals surface area (Å²) in [7, 11) is 0. The zero-order chi connectivity index (χ0) is 13.1. The highest BCUT2D eigenvalue weighted by Crippen LogP contribution is 2.29. The molecule has 1 saturated heterocycles. The molecule has 1 aromatic rings. The maximum absolute atomic E-state index is 11.5. The van der Waals surface area contributed by atoms with Crippen LogP contribution in [-0.2, 0) is 0 Å². The van der Waals surface area contributed by atoms with Gasteiger partial charge in [-0.2, -0.15) is 0 Å². The van der Waals surface area contributed by atoms with Crippen molar-refractivity contribution in [2.75, 3.05) is 11.4 Å². The maximum Gasteiger partial charge on any atom is 0.271 e. The van der Waals surface area contributed by atoms with Crippen LogP contribution in [0.2, 0.25) is 5.02 Å². The number of anilines is 1. The van der Waals surface area contributed by atoms with E-state index in [0.717, 1.165) is 25.8 Å². The fourth-order valence-electron chi connectivity index (χ4n) is 2.47. The molecule has 2 rings (SSSR count). The largest absolute Gasteiger partial charge is 0.352 e. The molecule has 1 aromatic heterocycles. The minimum Gasteiger partial charge on any atom is -0.352 e. The quantitative estimate of drug-likeness (QED) is 0.871. The van der Waals surface area contributed by atoms with E-state index >= 15 is 0 Å². The third-order valence-electron chi connectivity index (χ3n) is 3.27. The van der Waals surface area contributed by atoms with Gasteiger partial charge in [0.25, 0.3) is 5.56 Å². The second kappa shape index (κ2) is 5.93. The van der Waals surface area contributed by atoms with E-state index in [1.165, 1.54) is 12.7 Å². The molecule has 0 amide bonds. The van der Waals surface area contributed by atoms with E-state index in [9.17, 15) is 4.79 Å². The molecule has 0 radical (unpaired) electrons. The molecule has 1 aliphatic heterocycles. The Morgan fingerprint density at radius 3 is 3.11 bits per heavy atom. The lowest BCUT2D eigenvalue weighted by Crippen LogP contribution is -2.42. The third-order valence-corrected chi connectivity index (χ3v) is 3.79. The number of aromatic nitrogens is 2. The number of hydrogen-bond donors (Lipinski definition) is 1. The summed E-state index contributed by atoms with van der Waals surface area (Å²) < 4.78 is 0. The number of aromatic amines is 1. The van der Waals surface area contributed by atoms with E-state index in [-0.39, 0.29) is 16.0 Å². The molecular weight excluding hydrogens is 273 g/mol. The van der Waals surface area contributed by atoms with Gasteiger partial charge in [0.1, 0.15) is 5.02 Å². The molecule has 0 aliphatic carbocycles. The number of piperidine rings is 1. The van der Waals surface area contributed by atoms with Crippen molar-refractivity contribution in [2.45, 2.75) is 44.0 Å². The molecule has 2 heterocycles. The molecule has 0 aromatic carbocycles. The molecule has 2 unspecified atom stereocenters. The van der Waals surface area contributed by atoms with Gasteiger partial charge in [-0.25, -0.2) is 4.98 Å². The number of halogens is 2. The van der Waals surface area contributed by atoms with Crippen LogP contribution in [0.1, 0.15) is 32.6 Å². The van der Waals surface area contributed by atoms with Crippen molar-refractivity contribution in [3.63, 3.8) is 0 Å². The summed E-state index contributed by atoms with van der Waals surface area (Å²) in [5.41, 5.74) is -0.287. The monoisotopic (exact) mass is 289 g/mol. The summed E-state index contributed by atoms with van der Waals surface area (Å²) in [4.78, 5) is 20.4. The fourth-order valence-corrected chi connectivity index (χ4v) is 2.89. The molecule has 100 valence electrons. The molecule has 0 bridgehead atoms. The van der Waals surface area contributed by atoms with Gasteiger partial charge in [0, 0.05) is 18.0 Å². The van der Waals surface area contributed by atoms with Gasteiger partial charge in [0.05, 0.1) is 6.33 Å². The van der Waals surface area contributed by atoms with E-state index in [4.69, 9.17) is 23.2 Å². The standard InChI is InChI=1S/C12H17Cl2N3O/c1-8(13)6-9-4-2-3-5-17(9)11-10(14)12(18)16-7-15-11/h7-9H,2-6H2,1H3,(H,15,16,18). The van der Waals surface area contributed by atoms with Crippen LogP contribution in [0, 0.1) is 0 Å². The lowest BCUT2D eigenvalue weighted by molar-refractivity contribution is 0.433. The Morgan fingerprint density at radius 2 is 2.39 bits per heavy atom. The Kier molecular flexibility index (Phi) is 4.51. The highest BCUT2D eigenvalue weighted by Gasteiger charge is 2.26. The van der Waals surface area contributed by atoms with Crippen LogP contribution in [-0.4, -0.2) is 27.9 Å². The number of nitrogens with zero attached hydrogens (tertiary/aromatic N) is 2. The normalized spacial score (nSPS) is 21.9. The molecular formula is C12H17Cl2N3O. The van der Waals surface area contributed by atoms with Crippen molar-refractivity contribution in [1.82, 2.24) is 9.97 Å². The Labute approximate surface area is 116 Å². The van der Waals surface area contributed by atoms with Crippen molar-refractivity contribution < 1.29 is 0 Å². The van der Waals surface area contributed by atoms with E-state index in [1.807, 2.05) is 6.92 Å². The van der Waals surface area contributed by atoms with Crippen LogP contribution in [0.5, 0.6) is 0 Å². The average molecular weight is 290 g/mol. The van der Waals surface area contributed by atoms with Gasteiger partial charge in [0.15, 0.2) is 5.82 Å². The molecule has 0 spiro atoms. The van der Waals surface area contributed by atoms with Crippen LogP contribution < -0.4 is 10.5 Å². The van der Waals surface area contributed by atoms with Crippen molar-refractivity contribution >= 4 is 29.0 Å². The van der Waals surface area contributed by atoms with Gasteiger partial charge in [-0.15, -0.1) is 11.6 Å². The van der Waals surface area contributed by atoms with Crippen LogP contribution in [0.3, 0.4) is 0 Å². The summed E-state index contributed by atoms with van der Waals surface area (Å²) in [6, 6.07) is 0.318. The highest BCUT2D eigenvalue weighted by molar-refractivity contribution is 6.32. The van der Waals surface area contributed by atoms with Crippen LogP contribution >= 0.6 is 23.2 Å². The topological polar surface area (TPSA) is 49.0 Å².